The zero-order valence-electron chi connectivity index (χ0n) is 51.8. The van der Waals surface area contributed by atoms with E-state index in [1.54, 1.807) is 0 Å². The summed E-state index contributed by atoms with van der Waals surface area (Å²) in [5.41, 5.74) is 14.8. The maximum absolute atomic E-state index is 5.28. The molecule has 4 heterocycles. The molecule has 0 fully saturated rings. The van der Waals surface area contributed by atoms with Gasteiger partial charge in [-0.05, 0) is 175 Å². The van der Waals surface area contributed by atoms with Crippen LogP contribution in [0.15, 0.2) is 328 Å². The van der Waals surface area contributed by atoms with Crippen LogP contribution < -0.4 is 4.90 Å². The third-order valence-corrected chi connectivity index (χ3v) is 20.8. The molecule has 0 saturated heterocycles. The van der Waals surface area contributed by atoms with Gasteiger partial charge in [0.15, 0.2) is 17.5 Å². The summed E-state index contributed by atoms with van der Waals surface area (Å²) in [6.45, 7) is 0. The molecular weight excluding hydrogens is 1190 g/mol. The highest BCUT2D eigenvalue weighted by atomic mass is 32.1. The summed E-state index contributed by atoms with van der Waals surface area (Å²) in [5.74, 6) is 1.83. The number of hydrogen-bond donors (Lipinski definition) is 0. The van der Waals surface area contributed by atoms with Crippen molar-refractivity contribution < 1.29 is 0 Å². The van der Waals surface area contributed by atoms with Crippen molar-refractivity contribution in [3.63, 3.8) is 0 Å². The van der Waals surface area contributed by atoms with Crippen molar-refractivity contribution in [2.75, 3.05) is 4.90 Å². The SMILES string of the molecule is c1ccc(-c2cccc(-c3nc(-c4ccccc4)nc(-c4ccc(-n5c6cc(N(c7ccc8cc9ccccc9cc8c7)c7ccc8c(c7)c7ccccc7n8-c7ccccc7)ccc6c6cc7c(cc65)sc5c7ccc6c7ccccc7c7ccccc7c65)cc4)n3)c2)cc1. The summed E-state index contributed by atoms with van der Waals surface area (Å²) in [7, 11) is 0. The van der Waals surface area contributed by atoms with E-state index in [1.807, 2.05) is 35.6 Å². The van der Waals surface area contributed by atoms with Crippen LogP contribution >= 0.6 is 11.3 Å². The molecule has 7 heteroatoms. The van der Waals surface area contributed by atoms with Crippen LogP contribution in [0.25, 0.3) is 174 Å². The van der Waals surface area contributed by atoms with Gasteiger partial charge >= 0.3 is 0 Å². The molecule has 0 unspecified atom stereocenters. The van der Waals surface area contributed by atoms with Crippen molar-refractivity contribution >= 4 is 146 Å². The molecule has 0 radical (unpaired) electrons. The summed E-state index contributed by atoms with van der Waals surface area (Å²) in [6, 6.07) is 119. The molecule has 0 bridgehead atoms. The fourth-order valence-electron chi connectivity index (χ4n) is 15.2. The van der Waals surface area contributed by atoms with Gasteiger partial charge in [-0.3, -0.25) is 0 Å². The Labute approximate surface area is 555 Å². The molecule has 96 heavy (non-hydrogen) atoms. The Morgan fingerprint density at radius 1 is 0.240 bits per heavy atom. The van der Waals surface area contributed by atoms with Crippen LogP contribution in [0.3, 0.4) is 0 Å². The van der Waals surface area contributed by atoms with Crippen LogP contribution in [0.4, 0.5) is 17.1 Å². The molecule has 0 saturated carbocycles. The molecule has 0 aliphatic carbocycles. The van der Waals surface area contributed by atoms with E-state index in [9.17, 15) is 0 Å². The number of thiophene rings is 1. The van der Waals surface area contributed by atoms with E-state index < -0.39 is 0 Å². The largest absolute Gasteiger partial charge is 0.310 e. The van der Waals surface area contributed by atoms with Crippen molar-refractivity contribution in [3.8, 4) is 56.7 Å². The van der Waals surface area contributed by atoms with Gasteiger partial charge in [0.1, 0.15) is 0 Å². The molecule has 446 valence electrons. The van der Waals surface area contributed by atoms with E-state index >= 15 is 0 Å². The molecule has 0 spiro atoms. The van der Waals surface area contributed by atoms with Crippen LogP contribution in [0.2, 0.25) is 0 Å². The number of benzene rings is 16. The molecule has 20 aromatic rings. The zero-order chi connectivity index (χ0) is 63.0. The molecule has 16 aromatic carbocycles. The van der Waals surface area contributed by atoms with Crippen molar-refractivity contribution in [2.24, 2.45) is 0 Å². The van der Waals surface area contributed by atoms with Crippen molar-refractivity contribution in [3.05, 3.63) is 328 Å². The second kappa shape index (κ2) is 21.5. The quantitative estimate of drug-likeness (QED) is 0.107. The first-order chi connectivity index (χ1) is 47.6. The highest BCUT2D eigenvalue weighted by molar-refractivity contribution is 7.27. The van der Waals surface area contributed by atoms with Gasteiger partial charge in [0.2, 0.25) is 0 Å². The normalized spacial score (nSPS) is 12.0. The minimum absolute atomic E-state index is 0.599. The predicted octanol–water partition coefficient (Wildman–Crippen LogP) is 24.3. The molecule has 0 aliphatic rings. The molecule has 6 nitrogen and oxygen atoms in total. The van der Waals surface area contributed by atoms with E-state index in [0.717, 1.165) is 78.2 Å². The van der Waals surface area contributed by atoms with E-state index in [2.05, 4.69) is 317 Å². The lowest BCUT2D eigenvalue weighted by Gasteiger charge is -2.26. The minimum atomic E-state index is 0.599. The average molecular weight is 1240 g/mol. The van der Waals surface area contributed by atoms with Crippen molar-refractivity contribution in [1.82, 2.24) is 24.1 Å². The second-order valence-electron chi connectivity index (χ2n) is 25.1. The fraction of sp³-hybridized carbons (Fsp3) is 0. The monoisotopic (exact) mass is 1240 g/mol. The van der Waals surface area contributed by atoms with Gasteiger partial charge < -0.3 is 14.0 Å². The number of hydrogen-bond acceptors (Lipinski definition) is 5. The topological polar surface area (TPSA) is 51.8 Å². The molecule has 20 rings (SSSR count). The third kappa shape index (κ3) is 8.61. The van der Waals surface area contributed by atoms with E-state index in [0.29, 0.717) is 17.5 Å². The standard InChI is InChI=1S/C89H54N6S/c1-4-19-55(20-5-1)58-25-18-26-62(48-58)89-91-87(56-21-6-2-7-22-56)90-88(92-89)57-35-38-65(39-36-57)95-82-52-68(41-43-73(82)78-53-79-76-45-44-75-71-31-13-12-29-69(71)70-30-14-15-33-74(70)85(75)86(76)96-84(79)54-83(78)95)93(66-40-37-61-47-59-23-10-11-24-60(59)49-63(61)50-66)67-42-46-81-77(51-67)72-32-16-17-34-80(72)94(81)64-27-8-3-9-28-64/h1-54H. The predicted molar refractivity (Wildman–Crippen MR) is 405 cm³/mol. The molecule has 0 amide bonds. The lowest BCUT2D eigenvalue weighted by atomic mass is 9.93. The van der Waals surface area contributed by atoms with Crippen LogP contribution in [0.5, 0.6) is 0 Å². The number of aromatic nitrogens is 5. The van der Waals surface area contributed by atoms with Gasteiger partial charge in [0, 0.05) is 92.2 Å². The Morgan fingerprint density at radius 3 is 1.46 bits per heavy atom. The first kappa shape index (κ1) is 54.0. The first-order valence-electron chi connectivity index (χ1n) is 32.6. The van der Waals surface area contributed by atoms with Gasteiger partial charge in [-0.1, -0.05) is 212 Å². The smallest absolute Gasteiger partial charge is 0.164 e. The Balaban J connectivity index is 0.813. The van der Waals surface area contributed by atoms with Gasteiger partial charge in [0.05, 0.1) is 22.1 Å². The number of fused-ring (bicyclic) bond motifs is 18. The van der Waals surface area contributed by atoms with Gasteiger partial charge in [-0.15, -0.1) is 11.3 Å². The summed E-state index contributed by atoms with van der Waals surface area (Å²) >= 11 is 1.90. The van der Waals surface area contributed by atoms with Crippen LogP contribution in [-0.4, -0.2) is 24.1 Å². The van der Waals surface area contributed by atoms with Gasteiger partial charge in [-0.25, -0.2) is 15.0 Å². The fourth-order valence-corrected chi connectivity index (χ4v) is 16.5. The molecule has 0 aliphatic heterocycles. The first-order valence-corrected chi connectivity index (χ1v) is 33.4. The Kier molecular flexibility index (Phi) is 12.1. The van der Waals surface area contributed by atoms with Gasteiger partial charge in [-0.2, -0.15) is 0 Å². The highest BCUT2D eigenvalue weighted by Gasteiger charge is 2.24. The number of para-hydroxylation sites is 2. The number of anilines is 3. The lowest BCUT2D eigenvalue weighted by Crippen LogP contribution is -2.10. The van der Waals surface area contributed by atoms with Crippen LogP contribution in [0.1, 0.15) is 0 Å². The van der Waals surface area contributed by atoms with Gasteiger partial charge in [0.25, 0.3) is 0 Å². The second-order valence-corrected chi connectivity index (χ2v) is 26.1. The van der Waals surface area contributed by atoms with E-state index in [4.69, 9.17) is 15.0 Å². The lowest BCUT2D eigenvalue weighted by molar-refractivity contribution is 1.07. The molecule has 4 aromatic heterocycles. The summed E-state index contributed by atoms with van der Waals surface area (Å²) in [6.07, 6.45) is 0. The highest BCUT2D eigenvalue weighted by Crippen LogP contribution is 2.49. The average Bonchev–Trinajstić information content (AvgIpc) is 1.45. The van der Waals surface area contributed by atoms with E-state index in [1.165, 1.54) is 95.7 Å². The molecule has 0 N–H and O–H groups in total. The summed E-state index contributed by atoms with van der Waals surface area (Å²) in [4.78, 5) is 18.1. The maximum atomic E-state index is 5.28. The Hall–Kier alpha value is -12.6. The summed E-state index contributed by atoms with van der Waals surface area (Å²) in [5, 5.41) is 19.8. The third-order valence-electron chi connectivity index (χ3n) is 19.6. The maximum Gasteiger partial charge on any atom is 0.164 e. The van der Waals surface area contributed by atoms with E-state index in [-0.39, 0.29) is 0 Å². The van der Waals surface area contributed by atoms with Crippen LogP contribution in [-0.2, 0) is 0 Å². The number of nitrogens with zero attached hydrogens (tertiary/aromatic N) is 6. The Morgan fingerprint density at radius 2 is 0.708 bits per heavy atom. The van der Waals surface area contributed by atoms with Crippen molar-refractivity contribution in [1.29, 1.82) is 0 Å². The van der Waals surface area contributed by atoms with Crippen LogP contribution in [0, 0.1) is 0 Å². The molecular formula is C89H54N6S. The Bertz CT molecular complexity index is 6530. The zero-order valence-corrected chi connectivity index (χ0v) is 52.6. The van der Waals surface area contributed by atoms with Crippen molar-refractivity contribution in [2.45, 2.75) is 0 Å². The summed E-state index contributed by atoms with van der Waals surface area (Å²) < 4.78 is 7.41. The minimum Gasteiger partial charge on any atom is -0.310 e. The number of rotatable bonds is 9. The molecule has 0 atom stereocenters.